The highest BCUT2D eigenvalue weighted by atomic mass is 16.3. The zero-order valence-electron chi connectivity index (χ0n) is 13.3. The molecule has 3 aromatic carbocycles. The number of benzene rings is 3. The zero-order valence-corrected chi connectivity index (χ0v) is 13.3. The van der Waals surface area contributed by atoms with Crippen molar-refractivity contribution in [2.75, 3.05) is 5.32 Å². The highest BCUT2D eigenvalue weighted by Crippen LogP contribution is 2.31. The number of furan rings is 1. The van der Waals surface area contributed by atoms with Crippen LogP contribution in [-0.2, 0) is 0 Å². The van der Waals surface area contributed by atoms with Crippen LogP contribution in [0.5, 0.6) is 0 Å². The molecule has 114 valence electrons. The number of rotatable bonds is 3. The molecule has 1 N–H and O–H groups in total. The summed E-state index contributed by atoms with van der Waals surface area (Å²) in [7, 11) is 0. The maximum atomic E-state index is 5.87. The van der Waals surface area contributed by atoms with Gasteiger partial charge in [-0.2, -0.15) is 0 Å². The second-order valence-electron chi connectivity index (χ2n) is 6.21. The van der Waals surface area contributed by atoms with E-state index < -0.39 is 0 Å². The average molecular weight is 301 g/mol. The molecule has 1 heterocycles. The Morgan fingerprint density at radius 1 is 0.739 bits per heavy atom. The number of para-hydroxylation sites is 1. The van der Waals surface area contributed by atoms with Crippen molar-refractivity contribution in [1.82, 2.24) is 0 Å². The van der Waals surface area contributed by atoms with Crippen LogP contribution in [0.1, 0.15) is 25.3 Å². The molecule has 4 aromatic rings. The first-order chi connectivity index (χ1) is 11.2. The third-order valence-corrected chi connectivity index (χ3v) is 4.24. The van der Waals surface area contributed by atoms with E-state index in [0.29, 0.717) is 5.92 Å². The monoisotopic (exact) mass is 301 g/mol. The Kier molecular flexibility index (Phi) is 3.30. The molecule has 0 saturated carbocycles. The highest BCUT2D eigenvalue weighted by molar-refractivity contribution is 6.06. The summed E-state index contributed by atoms with van der Waals surface area (Å²) in [5.74, 6) is 0.553. The molecule has 0 bridgehead atoms. The third kappa shape index (κ3) is 2.57. The van der Waals surface area contributed by atoms with E-state index in [1.165, 1.54) is 5.56 Å². The van der Waals surface area contributed by atoms with Crippen LogP contribution in [0, 0.1) is 0 Å². The average Bonchev–Trinajstić information content (AvgIpc) is 2.93. The van der Waals surface area contributed by atoms with Crippen LogP contribution >= 0.6 is 0 Å². The van der Waals surface area contributed by atoms with E-state index in [-0.39, 0.29) is 0 Å². The summed E-state index contributed by atoms with van der Waals surface area (Å²) >= 11 is 0. The van der Waals surface area contributed by atoms with Crippen LogP contribution in [0.2, 0.25) is 0 Å². The summed E-state index contributed by atoms with van der Waals surface area (Å²) in [5, 5.41) is 5.77. The molecule has 0 atom stereocenters. The van der Waals surface area contributed by atoms with Gasteiger partial charge in [0.2, 0.25) is 0 Å². The van der Waals surface area contributed by atoms with Gasteiger partial charge >= 0.3 is 0 Å². The molecule has 0 aliphatic carbocycles. The van der Waals surface area contributed by atoms with Gasteiger partial charge in [-0.3, -0.25) is 0 Å². The van der Waals surface area contributed by atoms with Crippen molar-refractivity contribution < 1.29 is 4.42 Å². The fourth-order valence-electron chi connectivity index (χ4n) is 2.92. The van der Waals surface area contributed by atoms with E-state index in [9.17, 15) is 0 Å². The lowest BCUT2D eigenvalue weighted by atomic mass is 10.0. The topological polar surface area (TPSA) is 25.2 Å². The fraction of sp³-hybridized carbons (Fsp3) is 0.143. The molecule has 1 aromatic heterocycles. The Bertz CT molecular complexity index is 964. The van der Waals surface area contributed by atoms with E-state index in [2.05, 4.69) is 61.6 Å². The zero-order chi connectivity index (χ0) is 15.8. The first-order valence-electron chi connectivity index (χ1n) is 7.99. The summed E-state index contributed by atoms with van der Waals surface area (Å²) in [6.45, 7) is 4.42. The van der Waals surface area contributed by atoms with Crippen molar-refractivity contribution in [1.29, 1.82) is 0 Å². The summed E-state index contributed by atoms with van der Waals surface area (Å²) in [4.78, 5) is 0. The van der Waals surface area contributed by atoms with Crippen molar-refractivity contribution in [2.45, 2.75) is 19.8 Å². The molecule has 2 heteroatoms. The smallest absolute Gasteiger partial charge is 0.135 e. The molecule has 0 amide bonds. The largest absolute Gasteiger partial charge is 0.456 e. The second-order valence-corrected chi connectivity index (χ2v) is 6.21. The standard InChI is InChI=1S/C21H19NO/c1-14(2)15-7-9-16(10-8-15)22-17-11-12-21-19(13-17)18-5-3-4-6-20(18)23-21/h3-14,22H,1-2H3. The first-order valence-corrected chi connectivity index (χ1v) is 7.99. The Hall–Kier alpha value is -2.74. The van der Waals surface area contributed by atoms with Crippen molar-refractivity contribution in [3.63, 3.8) is 0 Å². The second kappa shape index (κ2) is 5.47. The van der Waals surface area contributed by atoms with Crippen LogP contribution in [0.15, 0.2) is 71.1 Å². The van der Waals surface area contributed by atoms with Gasteiger partial charge in [0.05, 0.1) is 0 Å². The van der Waals surface area contributed by atoms with Crippen molar-refractivity contribution in [3.8, 4) is 0 Å². The van der Waals surface area contributed by atoms with Gasteiger partial charge in [0, 0.05) is 22.1 Å². The Balaban J connectivity index is 1.70. The number of hydrogen-bond donors (Lipinski definition) is 1. The molecular weight excluding hydrogens is 282 g/mol. The third-order valence-electron chi connectivity index (χ3n) is 4.24. The van der Waals surface area contributed by atoms with Gasteiger partial charge in [0.15, 0.2) is 0 Å². The molecule has 0 aliphatic heterocycles. The fourth-order valence-corrected chi connectivity index (χ4v) is 2.92. The van der Waals surface area contributed by atoms with Crippen molar-refractivity contribution in [2.24, 2.45) is 0 Å². The van der Waals surface area contributed by atoms with Crippen LogP contribution < -0.4 is 5.32 Å². The summed E-state index contributed by atoms with van der Waals surface area (Å²) in [6.07, 6.45) is 0. The Morgan fingerprint density at radius 3 is 2.22 bits per heavy atom. The van der Waals surface area contributed by atoms with E-state index in [4.69, 9.17) is 4.42 Å². The molecular formula is C21H19NO. The van der Waals surface area contributed by atoms with E-state index in [0.717, 1.165) is 33.3 Å². The highest BCUT2D eigenvalue weighted by Gasteiger charge is 2.07. The molecule has 0 fully saturated rings. The molecule has 0 spiro atoms. The summed E-state index contributed by atoms with van der Waals surface area (Å²) in [6, 6.07) is 23.0. The van der Waals surface area contributed by atoms with Gasteiger partial charge in [-0.15, -0.1) is 0 Å². The number of nitrogens with one attached hydrogen (secondary N) is 1. The molecule has 23 heavy (non-hydrogen) atoms. The summed E-state index contributed by atoms with van der Waals surface area (Å²) in [5.41, 5.74) is 5.38. The van der Waals surface area contributed by atoms with Gasteiger partial charge in [0.25, 0.3) is 0 Å². The van der Waals surface area contributed by atoms with Crippen LogP contribution in [0.3, 0.4) is 0 Å². The lowest BCUT2D eigenvalue weighted by molar-refractivity contribution is 0.669. The predicted octanol–water partition coefficient (Wildman–Crippen LogP) is 6.45. The van der Waals surface area contributed by atoms with Gasteiger partial charge in [-0.1, -0.05) is 44.2 Å². The first kappa shape index (κ1) is 13.9. The molecule has 2 nitrogen and oxygen atoms in total. The maximum Gasteiger partial charge on any atom is 0.135 e. The van der Waals surface area contributed by atoms with Crippen molar-refractivity contribution >= 4 is 33.3 Å². The molecule has 4 rings (SSSR count). The lowest BCUT2D eigenvalue weighted by Gasteiger charge is -2.09. The van der Waals surface area contributed by atoms with Crippen molar-refractivity contribution in [3.05, 3.63) is 72.3 Å². The lowest BCUT2D eigenvalue weighted by Crippen LogP contribution is -1.91. The van der Waals surface area contributed by atoms with Crippen LogP contribution in [-0.4, -0.2) is 0 Å². The number of hydrogen-bond acceptors (Lipinski definition) is 2. The predicted molar refractivity (Wildman–Crippen MR) is 97.5 cm³/mol. The van der Waals surface area contributed by atoms with E-state index in [1.807, 2.05) is 24.3 Å². The van der Waals surface area contributed by atoms with E-state index >= 15 is 0 Å². The molecule has 0 unspecified atom stereocenters. The molecule has 0 saturated heterocycles. The SMILES string of the molecule is CC(C)c1ccc(Nc2ccc3oc4ccccc4c3c2)cc1. The number of anilines is 2. The van der Waals surface area contributed by atoms with Gasteiger partial charge in [-0.05, 0) is 47.9 Å². The van der Waals surface area contributed by atoms with Gasteiger partial charge < -0.3 is 9.73 Å². The minimum Gasteiger partial charge on any atom is -0.456 e. The van der Waals surface area contributed by atoms with Gasteiger partial charge in [-0.25, -0.2) is 0 Å². The van der Waals surface area contributed by atoms with Crippen LogP contribution in [0.25, 0.3) is 21.9 Å². The van der Waals surface area contributed by atoms with Crippen LogP contribution in [0.4, 0.5) is 11.4 Å². The van der Waals surface area contributed by atoms with Gasteiger partial charge in [0.1, 0.15) is 11.2 Å². The Labute approximate surface area is 135 Å². The maximum absolute atomic E-state index is 5.87. The quantitative estimate of drug-likeness (QED) is 0.470. The normalized spacial score (nSPS) is 11.4. The summed E-state index contributed by atoms with van der Waals surface area (Å²) < 4.78 is 5.87. The molecule has 0 radical (unpaired) electrons. The Morgan fingerprint density at radius 2 is 1.43 bits per heavy atom. The number of fused-ring (bicyclic) bond motifs is 3. The van der Waals surface area contributed by atoms with E-state index in [1.54, 1.807) is 0 Å². The minimum atomic E-state index is 0.553. The minimum absolute atomic E-state index is 0.553. The molecule has 0 aliphatic rings.